The van der Waals surface area contributed by atoms with E-state index in [2.05, 4.69) is 15.2 Å². The van der Waals surface area contributed by atoms with Crippen LogP contribution >= 0.6 is 0 Å². The highest BCUT2D eigenvalue weighted by molar-refractivity contribution is 7.92. The maximum absolute atomic E-state index is 11.8. The van der Waals surface area contributed by atoms with Gasteiger partial charge in [0, 0.05) is 19.3 Å². The van der Waals surface area contributed by atoms with Gasteiger partial charge in [-0.25, -0.2) is 13.4 Å². The van der Waals surface area contributed by atoms with Crippen LogP contribution in [0.2, 0.25) is 0 Å². The van der Waals surface area contributed by atoms with Gasteiger partial charge < -0.3 is 10.2 Å². The van der Waals surface area contributed by atoms with Crippen LogP contribution in [0.25, 0.3) is 0 Å². The van der Waals surface area contributed by atoms with Gasteiger partial charge in [-0.2, -0.15) is 0 Å². The lowest BCUT2D eigenvalue weighted by Crippen LogP contribution is -2.31. The molecule has 6 nitrogen and oxygen atoms in total. The van der Waals surface area contributed by atoms with Crippen LogP contribution < -0.4 is 10.2 Å². The monoisotopic (exact) mass is 297 g/mol. The normalized spacial score (nSPS) is 17.0. The SMILES string of the molecule is C[C@H](C(=O)Nc1ccc(N2CCCC2)nc1)S(C)(=O)=O. The van der Waals surface area contributed by atoms with Crippen LogP contribution in [0.4, 0.5) is 11.5 Å². The van der Waals surface area contributed by atoms with Crippen molar-refractivity contribution in [3.63, 3.8) is 0 Å². The molecule has 2 rings (SSSR count). The van der Waals surface area contributed by atoms with E-state index in [9.17, 15) is 13.2 Å². The van der Waals surface area contributed by atoms with Crippen molar-refractivity contribution >= 4 is 27.2 Å². The molecule has 110 valence electrons. The molecule has 20 heavy (non-hydrogen) atoms. The van der Waals surface area contributed by atoms with E-state index in [1.807, 2.05) is 6.07 Å². The zero-order valence-corrected chi connectivity index (χ0v) is 12.5. The van der Waals surface area contributed by atoms with Crippen LogP contribution in [0.1, 0.15) is 19.8 Å². The first kappa shape index (κ1) is 14.8. The van der Waals surface area contributed by atoms with E-state index in [-0.39, 0.29) is 0 Å². The third-order valence-corrected chi connectivity index (χ3v) is 4.96. The Balaban J connectivity index is 2.02. The molecule has 0 unspecified atom stereocenters. The molecule has 1 aromatic rings. The van der Waals surface area contributed by atoms with Crippen LogP contribution in [0.3, 0.4) is 0 Å². The predicted octanol–water partition coefficient (Wildman–Crippen LogP) is 1.05. The van der Waals surface area contributed by atoms with Gasteiger partial charge in [0.15, 0.2) is 9.84 Å². The van der Waals surface area contributed by atoms with E-state index < -0.39 is 21.0 Å². The van der Waals surface area contributed by atoms with E-state index in [4.69, 9.17) is 0 Å². The Morgan fingerprint density at radius 3 is 2.50 bits per heavy atom. The number of pyridine rings is 1. The van der Waals surface area contributed by atoms with Crippen molar-refractivity contribution in [2.24, 2.45) is 0 Å². The van der Waals surface area contributed by atoms with Gasteiger partial charge in [0.05, 0.1) is 11.9 Å². The van der Waals surface area contributed by atoms with Gasteiger partial charge in [-0.15, -0.1) is 0 Å². The number of anilines is 2. The number of nitrogens with zero attached hydrogens (tertiary/aromatic N) is 2. The average Bonchev–Trinajstić information content (AvgIpc) is 2.91. The summed E-state index contributed by atoms with van der Waals surface area (Å²) in [7, 11) is -3.38. The fourth-order valence-corrected chi connectivity index (χ4v) is 2.48. The molecule has 1 aromatic heterocycles. The molecule has 0 bridgehead atoms. The Bertz CT molecular complexity index is 577. The second kappa shape index (κ2) is 5.78. The van der Waals surface area contributed by atoms with Gasteiger partial charge in [0.1, 0.15) is 11.1 Å². The lowest BCUT2D eigenvalue weighted by molar-refractivity contribution is -0.115. The number of nitrogens with one attached hydrogen (secondary N) is 1. The summed E-state index contributed by atoms with van der Waals surface area (Å²) < 4.78 is 22.6. The predicted molar refractivity (Wildman–Crippen MR) is 78.6 cm³/mol. The molecule has 1 aliphatic rings. The molecule has 0 saturated carbocycles. The smallest absolute Gasteiger partial charge is 0.242 e. The molecule has 1 fully saturated rings. The third-order valence-electron chi connectivity index (χ3n) is 3.46. The van der Waals surface area contributed by atoms with Crippen LogP contribution in [-0.4, -0.2) is 43.9 Å². The molecule has 1 atom stereocenters. The maximum atomic E-state index is 11.8. The molecular weight excluding hydrogens is 278 g/mol. The number of hydrogen-bond donors (Lipinski definition) is 1. The number of carbonyl (C=O) groups excluding carboxylic acids is 1. The molecule has 7 heteroatoms. The molecule has 0 spiro atoms. The molecular formula is C13H19N3O3S. The number of rotatable bonds is 4. The van der Waals surface area contributed by atoms with Gasteiger partial charge in [-0.1, -0.05) is 0 Å². The quantitative estimate of drug-likeness (QED) is 0.898. The molecule has 1 N–H and O–H groups in total. The zero-order chi connectivity index (χ0) is 14.8. The van der Waals surface area contributed by atoms with Crippen LogP contribution in [-0.2, 0) is 14.6 Å². The summed E-state index contributed by atoms with van der Waals surface area (Å²) >= 11 is 0. The largest absolute Gasteiger partial charge is 0.357 e. The van der Waals surface area contributed by atoms with Gasteiger partial charge >= 0.3 is 0 Å². The third kappa shape index (κ3) is 3.47. The van der Waals surface area contributed by atoms with E-state index in [1.165, 1.54) is 19.8 Å². The Labute approximate surface area is 119 Å². The Kier molecular flexibility index (Phi) is 4.27. The van der Waals surface area contributed by atoms with Gasteiger partial charge in [0.25, 0.3) is 0 Å². The lowest BCUT2D eigenvalue weighted by atomic mass is 10.3. The first-order valence-corrected chi connectivity index (χ1v) is 8.54. The molecule has 0 aliphatic carbocycles. The summed E-state index contributed by atoms with van der Waals surface area (Å²) in [5.41, 5.74) is 0.508. The van der Waals surface area contributed by atoms with Crippen molar-refractivity contribution in [1.29, 1.82) is 0 Å². The maximum Gasteiger partial charge on any atom is 0.242 e. The Morgan fingerprint density at radius 1 is 1.35 bits per heavy atom. The van der Waals surface area contributed by atoms with Crippen LogP contribution in [0.5, 0.6) is 0 Å². The number of aromatic nitrogens is 1. The van der Waals surface area contributed by atoms with Crippen molar-refractivity contribution in [3.8, 4) is 0 Å². The second-order valence-electron chi connectivity index (χ2n) is 5.06. The molecule has 0 radical (unpaired) electrons. The Morgan fingerprint density at radius 2 is 2.00 bits per heavy atom. The number of carbonyl (C=O) groups is 1. The zero-order valence-electron chi connectivity index (χ0n) is 11.7. The standard InChI is InChI=1S/C13H19N3O3S/c1-10(20(2,18)19)13(17)15-11-5-6-12(14-9-11)16-7-3-4-8-16/h5-6,9-10H,3-4,7-8H2,1-2H3,(H,15,17)/t10-/m1/s1. The number of sulfone groups is 1. The van der Waals surface area contributed by atoms with Crippen molar-refractivity contribution < 1.29 is 13.2 Å². The highest BCUT2D eigenvalue weighted by atomic mass is 32.2. The minimum Gasteiger partial charge on any atom is -0.357 e. The summed E-state index contributed by atoms with van der Waals surface area (Å²) in [5, 5.41) is 1.50. The summed E-state index contributed by atoms with van der Waals surface area (Å²) in [6.07, 6.45) is 4.95. The fourth-order valence-electron chi connectivity index (χ4n) is 2.03. The van der Waals surface area contributed by atoms with Crippen molar-refractivity contribution in [3.05, 3.63) is 18.3 Å². The highest BCUT2D eigenvalue weighted by Gasteiger charge is 2.23. The number of hydrogen-bond acceptors (Lipinski definition) is 5. The minimum atomic E-state index is -3.38. The van der Waals surface area contributed by atoms with E-state index in [0.717, 1.165) is 25.2 Å². The summed E-state index contributed by atoms with van der Waals surface area (Å²) in [4.78, 5) is 18.3. The molecule has 1 saturated heterocycles. The van der Waals surface area contributed by atoms with Crippen molar-refractivity contribution in [2.75, 3.05) is 29.6 Å². The highest BCUT2D eigenvalue weighted by Crippen LogP contribution is 2.19. The van der Waals surface area contributed by atoms with Crippen molar-refractivity contribution in [2.45, 2.75) is 25.0 Å². The summed E-state index contributed by atoms with van der Waals surface area (Å²) in [5.74, 6) is 0.347. The van der Waals surface area contributed by atoms with E-state index in [1.54, 1.807) is 12.3 Å². The minimum absolute atomic E-state index is 0.508. The molecule has 1 aliphatic heterocycles. The lowest BCUT2D eigenvalue weighted by Gasteiger charge is -2.16. The summed E-state index contributed by atoms with van der Waals surface area (Å²) in [6, 6.07) is 3.58. The first-order chi connectivity index (χ1) is 9.38. The van der Waals surface area contributed by atoms with E-state index in [0.29, 0.717) is 5.69 Å². The second-order valence-corrected chi connectivity index (χ2v) is 7.43. The van der Waals surface area contributed by atoms with Crippen LogP contribution in [0, 0.1) is 0 Å². The average molecular weight is 297 g/mol. The van der Waals surface area contributed by atoms with Gasteiger partial charge in [-0.05, 0) is 31.9 Å². The summed E-state index contributed by atoms with van der Waals surface area (Å²) in [6.45, 7) is 3.38. The first-order valence-electron chi connectivity index (χ1n) is 6.58. The van der Waals surface area contributed by atoms with Gasteiger partial charge in [0.2, 0.25) is 5.91 Å². The van der Waals surface area contributed by atoms with E-state index >= 15 is 0 Å². The van der Waals surface area contributed by atoms with Crippen LogP contribution in [0.15, 0.2) is 18.3 Å². The molecule has 0 aromatic carbocycles. The Hall–Kier alpha value is -1.63. The molecule has 1 amide bonds. The topological polar surface area (TPSA) is 79.4 Å². The number of amides is 1. The van der Waals surface area contributed by atoms with Crippen molar-refractivity contribution in [1.82, 2.24) is 4.98 Å². The van der Waals surface area contributed by atoms with Gasteiger partial charge in [-0.3, -0.25) is 4.79 Å². The molecule has 2 heterocycles. The fraction of sp³-hybridized carbons (Fsp3) is 0.538.